The van der Waals surface area contributed by atoms with E-state index >= 15 is 0 Å². The molecule has 0 radical (unpaired) electrons. The largest absolute Gasteiger partial charge is 0.388 e. The van der Waals surface area contributed by atoms with Gasteiger partial charge in [-0.3, -0.25) is 4.98 Å². The Morgan fingerprint density at radius 3 is 2.52 bits per heavy atom. The van der Waals surface area contributed by atoms with Crippen LogP contribution in [0.1, 0.15) is 17.2 Å². The standard InChI is InChI=1S/C17H13F2NO/c18-14-6-11(7-15(19)10-14)8-17(21)13-3-4-16-12(9-13)2-1-5-20-16/h1-7,9-10,17,21H,8H2. The first-order valence-electron chi connectivity index (χ1n) is 6.59. The molecule has 21 heavy (non-hydrogen) atoms. The molecule has 3 rings (SSSR count). The van der Waals surface area contributed by atoms with Crippen LogP contribution in [0.25, 0.3) is 10.9 Å². The average Bonchev–Trinajstić information content (AvgIpc) is 2.45. The van der Waals surface area contributed by atoms with Gasteiger partial charge in [-0.1, -0.05) is 12.1 Å². The Hall–Kier alpha value is -2.33. The monoisotopic (exact) mass is 285 g/mol. The van der Waals surface area contributed by atoms with Crippen molar-refractivity contribution in [1.82, 2.24) is 4.98 Å². The summed E-state index contributed by atoms with van der Waals surface area (Å²) in [5, 5.41) is 11.2. The fourth-order valence-electron chi connectivity index (χ4n) is 2.37. The zero-order chi connectivity index (χ0) is 14.8. The van der Waals surface area contributed by atoms with Crippen molar-refractivity contribution in [3.63, 3.8) is 0 Å². The van der Waals surface area contributed by atoms with Crippen LogP contribution in [0.5, 0.6) is 0 Å². The number of aromatic nitrogens is 1. The molecule has 0 aliphatic heterocycles. The van der Waals surface area contributed by atoms with E-state index in [9.17, 15) is 13.9 Å². The van der Waals surface area contributed by atoms with Crippen molar-refractivity contribution in [3.8, 4) is 0 Å². The van der Waals surface area contributed by atoms with Gasteiger partial charge in [-0.25, -0.2) is 8.78 Å². The van der Waals surface area contributed by atoms with E-state index in [0.717, 1.165) is 17.0 Å². The molecule has 2 nitrogen and oxygen atoms in total. The van der Waals surface area contributed by atoms with E-state index in [1.54, 1.807) is 12.3 Å². The fraction of sp³-hybridized carbons (Fsp3) is 0.118. The van der Waals surface area contributed by atoms with Gasteiger partial charge in [0.25, 0.3) is 0 Å². The second-order valence-corrected chi connectivity index (χ2v) is 4.95. The van der Waals surface area contributed by atoms with Crippen LogP contribution >= 0.6 is 0 Å². The van der Waals surface area contributed by atoms with Crippen molar-refractivity contribution in [2.75, 3.05) is 0 Å². The average molecular weight is 285 g/mol. The highest BCUT2D eigenvalue weighted by molar-refractivity contribution is 5.79. The predicted molar refractivity (Wildman–Crippen MR) is 76.8 cm³/mol. The van der Waals surface area contributed by atoms with Gasteiger partial charge >= 0.3 is 0 Å². The molecule has 4 heteroatoms. The van der Waals surface area contributed by atoms with E-state index < -0.39 is 17.7 Å². The number of hydrogen-bond donors (Lipinski definition) is 1. The number of pyridine rings is 1. The molecular formula is C17H13F2NO. The molecule has 0 spiro atoms. The van der Waals surface area contributed by atoms with Crippen molar-refractivity contribution in [2.45, 2.75) is 12.5 Å². The number of hydrogen-bond acceptors (Lipinski definition) is 2. The molecule has 1 heterocycles. The first kappa shape index (κ1) is 13.6. The highest BCUT2D eigenvalue weighted by Gasteiger charge is 2.11. The van der Waals surface area contributed by atoms with E-state index in [0.29, 0.717) is 11.1 Å². The van der Waals surface area contributed by atoms with Gasteiger partial charge in [0.1, 0.15) is 11.6 Å². The Labute approximate surface area is 120 Å². The van der Waals surface area contributed by atoms with E-state index in [1.165, 1.54) is 12.1 Å². The van der Waals surface area contributed by atoms with Crippen LogP contribution in [0.2, 0.25) is 0 Å². The first-order chi connectivity index (χ1) is 10.1. The normalized spacial score (nSPS) is 12.5. The zero-order valence-corrected chi connectivity index (χ0v) is 11.1. The number of aliphatic hydroxyl groups excluding tert-OH is 1. The highest BCUT2D eigenvalue weighted by Crippen LogP contribution is 2.23. The van der Waals surface area contributed by atoms with Crippen LogP contribution in [0.4, 0.5) is 8.78 Å². The molecule has 106 valence electrons. The van der Waals surface area contributed by atoms with Crippen LogP contribution in [0.15, 0.2) is 54.7 Å². The van der Waals surface area contributed by atoms with Gasteiger partial charge < -0.3 is 5.11 Å². The van der Waals surface area contributed by atoms with Gasteiger partial charge in [-0.2, -0.15) is 0 Å². The van der Waals surface area contributed by atoms with Crippen molar-refractivity contribution in [1.29, 1.82) is 0 Å². The van der Waals surface area contributed by atoms with Gasteiger partial charge in [0, 0.05) is 24.1 Å². The SMILES string of the molecule is OC(Cc1cc(F)cc(F)c1)c1ccc2ncccc2c1. The minimum absolute atomic E-state index is 0.153. The number of aliphatic hydroxyl groups is 1. The molecule has 1 unspecified atom stereocenters. The van der Waals surface area contributed by atoms with Gasteiger partial charge in [0.2, 0.25) is 0 Å². The summed E-state index contributed by atoms with van der Waals surface area (Å²) in [6, 6.07) is 12.4. The summed E-state index contributed by atoms with van der Waals surface area (Å²) in [5.41, 5.74) is 1.96. The molecule has 0 aliphatic rings. The molecule has 1 N–H and O–H groups in total. The Balaban J connectivity index is 1.87. The first-order valence-corrected chi connectivity index (χ1v) is 6.59. The maximum Gasteiger partial charge on any atom is 0.126 e. The van der Waals surface area contributed by atoms with Crippen molar-refractivity contribution >= 4 is 10.9 Å². The Bertz CT molecular complexity index is 768. The lowest BCUT2D eigenvalue weighted by Crippen LogP contribution is -2.02. The lowest BCUT2D eigenvalue weighted by atomic mass is 10.00. The Morgan fingerprint density at radius 1 is 1.00 bits per heavy atom. The molecule has 2 aromatic carbocycles. The fourth-order valence-corrected chi connectivity index (χ4v) is 2.37. The molecule has 0 saturated carbocycles. The minimum Gasteiger partial charge on any atom is -0.388 e. The number of benzene rings is 2. The van der Waals surface area contributed by atoms with Gasteiger partial charge in [0.05, 0.1) is 11.6 Å². The molecule has 0 saturated heterocycles. The Kier molecular flexibility index (Phi) is 3.62. The third-order valence-corrected chi connectivity index (χ3v) is 3.36. The topological polar surface area (TPSA) is 33.1 Å². The lowest BCUT2D eigenvalue weighted by Gasteiger charge is -2.12. The molecule has 1 aromatic heterocycles. The molecule has 0 fully saturated rings. The van der Waals surface area contributed by atoms with Crippen molar-refractivity contribution in [3.05, 3.63) is 77.5 Å². The quantitative estimate of drug-likeness (QED) is 0.794. The predicted octanol–water partition coefficient (Wildman–Crippen LogP) is 3.79. The van der Waals surface area contributed by atoms with E-state index in [4.69, 9.17) is 0 Å². The summed E-state index contributed by atoms with van der Waals surface area (Å²) in [6.45, 7) is 0. The summed E-state index contributed by atoms with van der Waals surface area (Å²) in [4.78, 5) is 4.21. The Morgan fingerprint density at radius 2 is 1.76 bits per heavy atom. The van der Waals surface area contributed by atoms with Crippen LogP contribution in [-0.4, -0.2) is 10.1 Å². The van der Waals surface area contributed by atoms with Crippen LogP contribution < -0.4 is 0 Å². The second-order valence-electron chi connectivity index (χ2n) is 4.95. The number of rotatable bonds is 3. The smallest absolute Gasteiger partial charge is 0.126 e. The van der Waals surface area contributed by atoms with Gasteiger partial charge in [-0.15, -0.1) is 0 Å². The number of fused-ring (bicyclic) bond motifs is 1. The summed E-state index contributed by atoms with van der Waals surface area (Å²) in [7, 11) is 0. The molecule has 0 amide bonds. The van der Waals surface area contributed by atoms with E-state index in [2.05, 4.69) is 4.98 Å². The molecule has 3 aromatic rings. The zero-order valence-electron chi connectivity index (χ0n) is 11.1. The maximum absolute atomic E-state index is 13.2. The van der Waals surface area contributed by atoms with Crippen LogP contribution in [0, 0.1) is 11.6 Å². The third-order valence-electron chi connectivity index (χ3n) is 3.36. The highest BCUT2D eigenvalue weighted by atomic mass is 19.1. The molecule has 1 atom stereocenters. The number of halogens is 2. The summed E-state index contributed by atoms with van der Waals surface area (Å²) in [5.74, 6) is -1.28. The van der Waals surface area contributed by atoms with Crippen molar-refractivity contribution < 1.29 is 13.9 Å². The molecular weight excluding hydrogens is 272 g/mol. The van der Waals surface area contributed by atoms with Gasteiger partial charge in [-0.05, 0) is 41.5 Å². The van der Waals surface area contributed by atoms with Crippen LogP contribution in [-0.2, 0) is 6.42 Å². The minimum atomic E-state index is -0.823. The summed E-state index contributed by atoms with van der Waals surface area (Å²) in [6.07, 6.45) is 1.03. The molecule has 0 bridgehead atoms. The van der Waals surface area contributed by atoms with Crippen molar-refractivity contribution in [2.24, 2.45) is 0 Å². The van der Waals surface area contributed by atoms with Crippen LogP contribution in [0.3, 0.4) is 0 Å². The molecule has 0 aliphatic carbocycles. The second kappa shape index (κ2) is 5.58. The third kappa shape index (κ3) is 3.06. The van der Waals surface area contributed by atoms with Gasteiger partial charge in [0.15, 0.2) is 0 Å². The number of nitrogens with zero attached hydrogens (tertiary/aromatic N) is 1. The summed E-state index contributed by atoms with van der Waals surface area (Å²) < 4.78 is 26.3. The van der Waals surface area contributed by atoms with E-state index in [1.807, 2.05) is 24.3 Å². The summed E-state index contributed by atoms with van der Waals surface area (Å²) >= 11 is 0. The van der Waals surface area contributed by atoms with E-state index in [-0.39, 0.29) is 6.42 Å². The lowest BCUT2D eigenvalue weighted by molar-refractivity contribution is 0.178. The maximum atomic E-state index is 13.2.